The smallest absolute Gasteiger partial charge is 0.451 e. The van der Waals surface area contributed by atoms with Crippen molar-refractivity contribution >= 4 is 49.9 Å². The lowest BCUT2D eigenvalue weighted by Gasteiger charge is -2.18. The van der Waals surface area contributed by atoms with E-state index in [9.17, 15) is 22.8 Å². The third-order valence-electron chi connectivity index (χ3n) is 7.96. The van der Waals surface area contributed by atoms with Crippen LogP contribution in [0.25, 0.3) is 0 Å². The fourth-order valence-corrected chi connectivity index (χ4v) is 8.64. The highest BCUT2D eigenvalue weighted by Crippen LogP contribution is 2.39. The van der Waals surface area contributed by atoms with Gasteiger partial charge < -0.3 is 18.4 Å². The zero-order valence-corrected chi connectivity index (χ0v) is 34.9. The SMILES string of the molecule is CC/C=C\C/C=C\C/C=C\C/C=C\C/C=C\CCCC(=O)O[C@H](COC(=O)CCCC[C@@H]1CCSS1)COS(=O)(=O)OC(=O)c1ccccc1OCCCC. The number of carbonyl (C=O) groups excluding carboxylic acids is 3. The van der Waals surface area contributed by atoms with Gasteiger partial charge in [-0.1, -0.05) is 121 Å². The van der Waals surface area contributed by atoms with Crippen molar-refractivity contribution in [1.29, 1.82) is 0 Å². The molecule has 1 aliphatic rings. The molecular weight excluding hydrogens is 761 g/mol. The van der Waals surface area contributed by atoms with E-state index in [-0.39, 0.29) is 24.2 Å². The number of hydrogen-bond donors (Lipinski definition) is 0. The van der Waals surface area contributed by atoms with Gasteiger partial charge in [-0.15, -0.1) is 0 Å². The molecule has 2 atom stereocenters. The van der Waals surface area contributed by atoms with Crippen molar-refractivity contribution in [3.8, 4) is 5.75 Å². The summed E-state index contributed by atoms with van der Waals surface area (Å²) in [4.78, 5) is 37.9. The second-order valence-corrected chi connectivity index (χ2v) is 16.7. The molecule has 1 aromatic carbocycles. The average molecular weight is 821 g/mol. The first-order chi connectivity index (χ1) is 26.7. The number of unbranched alkanes of at least 4 members (excludes halogenated alkanes) is 3. The summed E-state index contributed by atoms with van der Waals surface area (Å²) in [6.45, 7) is 3.33. The Hall–Kier alpha value is -3.26. The van der Waals surface area contributed by atoms with Crippen molar-refractivity contribution < 1.29 is 45.4 Å². The molecule has 1 saturated heterocycles. The first-order valence-corrected chi connectivity index (χ1v) is 23.2. The summed E-state index contributed by atoms with van der Waals surface area (Å²) >= 11 is 0. The zero-order chi connectivity index (χ0) is 39.8. The van der Waals surface area contributed by atoms with E-state index in [1.165, 1.54) is 18.6 Å². The van der Waals surface area contributed by atoms with Gasteiger partial charge >= 0.3 is 28.3 Å². The van der Waals surface area contributed by atoms with Gasteiger partial charge in [0.1, 0.15) is 24.5 Å². The Morgan fingerprint density at radius 1 is 0.800 bits per heavy atom. The standard InChI is InChI=1S/C42H60O10S3/c1-3-5-7-8-9-10-11-12-13-14-15-16-17-18-19-20-21-30-41(44)51-36(34-49-40(43)29-25-22-26-37-31-33-53-54-37)35-50-55(46,47)52-42(45)38-27-23-24-28-39(38)48-32-6-4-2/h5,7,9-10,12-13,15-16,18-19,23-24,27-28,36-37H,3-4,6,8,11,14,17,20-22,25-26,29-35H2,1-2H3/b7-5-,10-9-,13-12-,16-15-,19-18-/t36-,37-/m1/s1. The van der Waals surface area contributed by atoms with Gasteiger partial charge in [0.2, 0.25) is 0 Å². The number of esters is 2. The van der Waals surface area contributed by atoms with Gasteiger partial charge in [0.15, 0.2) is 6.10 Å². The maximum Gasteiger partial charge on any atom is 0.451 e. The molecule has 0 spiro atoms. The molecule has 1 aromatic rings. The maximum absolute atomic E-state index is 12.8. The predicted molar refractivity (Wildman–Crippen MR) is 223 cm³/mol. The van der Waals surface area contributed by atoms with Crippen LogP contribution >= 0.6 is 21.6 Å². The molecule has 0 radical (unpaired) electrons. The molecule has 1 aliphatic heterocycles. The first kappa shape index (κ1) is 47.9. The molecule has 0 saturated carbocycles. The topological polar surface area (TPSA) is 132 Å². The third kappa shape index (κ3) is 24.8. The minimum absolute atomic E-state index is 0.0623. The Kier molecular flexibility index (Phi) is 26.9. The number of hydrogen-bond acceptors (Lipinski definition) is 12. The third-order valence-corrected chi connectivity index (χ3v) is 11.7. The van der Waals surface area contributed by atoms with Crippen LogP contribution in [0.5, 0.6) is 5.75 Å². The predicted octanol–water partition coefficient (Wildman–Crippen LogP) is 10.4. The van der Waals surface area contributed by atoms with Crippen molar-refractivity contribution in [3.63, 3.8) is 0 Å². The molecule has 1 heterocycles. The van der Waals surface area contributed by atoms with E-state index in [1.54, 1.807) is 12.1 Å². The van der Waals surface area contributed by atoms with Gasteiger partial charge in [-0.25, -0.2) is 8.98 Å². The van der Waals surface area contributed by atoms with Crippen LogP contribution in [0.15, 0.2) is 85.0 Å². The number of para-hydroxylation sites is 1. The van der Waals surface area contributed by atoms with Crippen LogP contribution in [0.4, 0.5) is 0 Å². The molecule has 0 N–H and O–H groups in total. The molecule has 0 bridgehead atoms. The second-order valence-electron chi connectivity index (χ2n) is 12.7. The summed E-state index contributed by atoms with van der Waals surface area (Å²) < 4.78 is 51.4. The van der Waals surface area contributed by atoms with Crippen LogP contribution in [0.3, 0.4) is 0 Å². The lowest BCUT2D eigenvalue weighted by molar-refractivity contribution is -0.161. The Balaban J connectivity index is 1.81. The highest BCUT2D eigenvalue weighted by Gasteiger charge is 2.26. The lowest BCUT2D eigenvalue weighted by atomic mass is 10.1. The normalized spacial score (nSPS) is 15.5. The number of ether oxygens (including phenoxy) is 3. The summed E-state index contributed by atoms with van der Waals surface area (Å²) in [6, 6.07) is 6.13. The van der Waals surface area contributed by atoms with Gasteiger partial charge in [0.05, 0.1) is 6.61 Å². The fraction of sp³-hybridized carbons (Fsp3) is 0.548. The van der Waals surface area contributed by atoms with E-state index in [0.29, 0.717) is 31.1 Å². The molecule has 10 nitrogen and oxygen atoms in total. The second kappa shape index (κ2) is 30.9. The Morgan fingerprint density at radius 3 is 2.11 bits per heavy atom. The van der Waals surface area contributed by atoms with Crippen LogP contribution in [-0.2, 0) is 37.8 Å². The quantitative estimate of drug-likeness (QED) is 0.0317. The van der Waals surface area contributed by atoms with E-state index in [0.717, 1.165) is 63.5 Å². The molecule has 0 aliphatic carbocycles. The number of rotatable bonds is 30. The van der Waals surface area contributed by atoms with Crippen LogP contribution in [-0.4, -0.2) is 63.3 Å². The monoisotopic (exact) mass is 820 g/mol. The van der Waals surface area contributed by atoms with Gasteiger partial charge in [-0.05, 0) is 82.8 Å². The van der Waals surface area contributed by atoms with Gasteiger partial charge in [-0.2, -0.15) is 8.42 Å². The Bertz CT molecular complexity index is 1490. The molecule has 1 fully saturated rings. The summed E-state index contributed by atoms with van der Waals surface area (Å²) in [5.41, 5.74) is -0.0829. The van der Waals surface area contributed by atoms with Gasteiger partial charge in [-0.3, -0.25) is 9.59 Å². The first-order valence-electron chi connectivity index (χ1n) is 19.5. The van der Waals surface area contributed by atoms with Crippen LogP contribution in [0.2, 0.25) is 0 Å². The fourth-order valence-electron chi connectivity index (χ4n) is 4.97. The van der Waals surface area contributed by atoms with E-state index in [1.807, 2.05) is 40.7 Å². The van der Waals surface area contributed by atoms with E-state index >= 15 is 0 Å². The highest BCUT2D eigenvalue weighted by molar-refractivity contribution is 8.77. The number of benzene rings is 1. The molecule has 306 valence electrons. The summed E-state index contributed by atoms with van der Waals surface area (Å²) in [5, 5.41) is 0.612. The van der Waals surface area contributed by atoms with Crippen LogP contribution in [0.1, 0.15) is 121 Å². The molecule has 0 aromatic heterocycles. The van der Waals surface area contributed by atoms with Crippen molar-refractivity contribution in [2.45, 2.75) is 122 Å². The van der Waals surface area contributed by atoms with Crippen LogP contribution < -0.4 is 4.74 Å². The maximum atomic E-state index is 12.8. The molecule has 0 amide bonds. The van der Waals surface area contributed by atoms with Crippen LogP contribution in [0, 0.1) is 0 Å². The minimum Gasteiger partial charge on any atom is -0.493 e. The van der Waals surface area contributed by atoms with Crippen molar-refractivity contribution in [1.82, 2.24) is 0 Å². The zero-order valence-electron chi connectivity index (χ0n) is 32.5. The molecule has 2 rings (SSSR count). The Morgan fingerprint density at radius 2 is 1.45 bits per heavy atom. The number of allylic oxidation sites excluding steroid dienone is 10. The molecule has 0 unspecified atom stereocenters. The summed E-state index contributed by atoms with van der Waals surface area (Å²) in [5.74, 6) is -0.936. The van der Waals surface area contributed by atoms with Crippen molar-refractivity contribution in [2.24, 2.45) is 0 Å². The Labute approximate surface area is 337 Å². The average Bonchev–Trinajstić information content (AvgIpc) is 3.69. The summed E-state index contributed by atoms with van der Waals surface area (Å²) in [6.07, 6.45) is 31.3. The van der Waals surface area contributed by atoms with E-state index in [2.05, 4.69) is 59.7 Å². The molecular formula is C42H60O10S3. The van der Waals surface area contributed by atoms with Gasteiger partial charge in [0, 0.05) is 23.8 Å². The van der Waals surface area contributed by atoms with Gasteiger partial charge in [0.25, 0.3) is 0 Å². The summed E-state index contributed by atoms with van der Waals surface area (Å²) in [7, 11) is -1.11. The lowest BCUT2D eigenvalue weighted by Crippen LogP contribution is -2.31. The van der Waals surface area contributed by atoms with Crippen molar-refractivity contribution in [2.75, 3.05) is 25.6 Å². The highest BCUT2D eigenvalue weighted by atomic mass is 33.1. The minimum atomic E-state index is -4.87. The van der Waals surface area contributed by atoms with E-state index < -0.39 is 47.6 Å². The van der Waals surface area contributed by atoms with E-state index in [4.69, 9.17) is 18.4 Å². The largest absolute Gasteiger partial charge is 0.493 e. The molecule has 55 heavy (non-hydrogen) atoms. The number of carbonyl (C=O) groups is 3. The van der Waals surface area contributed by atoms with Crippen molar-refractivity contribution in [3.05, 3.63) is 90.6 Å². The molecule has 13 heteroatoms.